The Morgan fingerprint density at radius 1 is 1.44 bits per heavy atom. The Labute approximate surface area is 106 Å². The van der Waals surface area contributed by atoms with Crippen LogP contribution in [0.1, 0.15) is 24.9 Å². The maximum Gasteiger partial charge on any atom is 0.318 e. The zero-order valence-corrected chi connectivity index (χ0v) is 11.5. The van der Waals surface area contributed by atoms with Crippen LogP contribution in [0.5, 0.6) is 0 Å². The summed E-state index contributed by atoms with van der Waals surface area (Å²) >= 11 is 0. The monoisotopic (exact) mass is 275 g/mol. The molecule has 6 nitrogen and oxygen atoms in total. The molecule has 1 heterocycles. The van der Waals surface area contributed by atoms with Crippen LogP contribution in [0.3, 0.4) is 0 Å². The average molecular weight is 275 g/mol. The number of hydrogen-bond donors (Lipinski definition) is 1. The second kappa shape index (κ2) is 5.53. The molecular weight excluding hydrogens is 258 g/mol. The summed E-state index contributed by atoms with van der Waals surface area (Å²) in [5, 5.41) is 8.77. The largest absolute Gasteiger partial charge is 0.480 e. The molecule has 0 fully saturated rings. The Morgan fingerprint density at radius 3 is 2.44 bits per heavy atom. The third-order valence-corrected chi connectivity index (χ3v) is 4.35. The van der Waals surface area contributed by atoms with Gasteiger partial charge >= 0.3 is 5.97 Å². The molecule has 0 saturated carbocycles. The molecule has 0 aliphatic heterocycles. The van der Waals surface area contributed by atoms with Gasteiger partial charge in [-0.3, -0.25) is 4.79 Å². The molecule has 0 aromatic carbocycles. The molecule has 0 radical (unpaired) electrons. The van der Waals surface area contributed by atoms with Gasteiger partial charge in [-0.1, -0.05) is 6.92 Å². The molecule has 1 aromatic rings. The van der Waals surface area contributed by atoms with Gasteiger partial charge in [-0.25, -0.2) is 8.42 Å². The van der Waals surface area contributed by atoms with Gasteiger partial charge in [0.15, 0.2) is 0 Å². The van der Waals surface area contributed by atoms with Crippen LogP contribution in [0, 0.1) is 13.8 Å². The number of sulfonamides is 1. The van der Waals surface area contributed by atoms with E-state index in [1.54, 1.807) is 20.8 Å². The summed E-state index contributed by atoms with van der Waals surface area (Å²) in [4.78, 5) is 10.8. The number of aliphatic carboxylic acids is 1. The van der Waals surface area contributed by atoms with E-state index in [1.165, 1.54) is 6.07 Å². The van der Waals surface area contributed by atoms with Crippen LogP contribution in [0.2, 0.25) is 0 Å². The second-order valence-corrected chi connectivity index (χ2v) is 5.92. The number of carboxylic acid groups (broad SMARTS) is 1. The summed E-state index contributed by atoms with van der Waals surface area (Å²) < 4.78 is 30.7. The first-order chi connectivity index (χ1) is 8.28. The molecule has 1 aromatic heterocycles. The first kappa shape index (κ1) is 14.7. The fourth-order valence-corrected chi connectivity index (χ4v) is 3.39. The fourth-order valence-electron chi connectivity index (χ4n) is 1.69. The molecule has 0 aliphatic rings. The minimum absolute atomic E-state index is 0.0368. The smallest absolute Gasteiger partial charge is 0.318 e. The molecule has 1 N–H and O–H groups in total. The highest BCUT2D eigenvalue weighted by Crippen LogP contribution is 2.23. The van der Waals surface area contributed by atoms with Gasteiger partial charge in [-0.15, -0.1) is 0 Å². The van der Waals surface area contributed by atoms with Crippen molar-refractivity contribution in [2.75, 3.05) is 13.1 Å². The molecule has 0 aliphatic carbocycles. The lowest BCUT2D eigenvalue weighted by Crippen LogP contribution is -2.36. The van der Waals surface area contributed by atoms with Crippen molar-refractivity contribution in [1.82, 2.24) is 4.31 Å². The molecule has 102 valence electrons. The predicted molar refractivity (Wildman–Crippen MR) is 64.9 cm³/mol. The Balaban J connectivity index is 3.16. The average Bonchev–Trinajstić information content (AvgIpc) is 2.57. The summed E-state index contributed by atoms with van der Waals surface area (Å²) in [5.41, 5.74) is 0. The van der Waals surface area contributed by atoms with Gasteiger partial charge in [0.25, 0.3) is 0 Å². The van der Waals surface area contributed by atoms with Crippen molar-refractivity contribution in [1.29, 1.82) is 0 Å². The molecule has 1 rings (SSSR count). The van der Waals surface area contributed by atoms with E-state index in [0.29, 0.717) is 12.2 Å². The second-order valence-electron chi connectivity index (χ2n) is 4.01. The van der Waals surface area contributed by atoms with Gasteiger partial charge < -0.3 is 9.52 Å². The van der Waals surface area contributed by atoms with Crippen molar-refractivity contribution in [2.24, 2.45) is 0 Å². The number of nitrogens with zero attached hydrogens (tertiary/aromatic N) is 1. The first-order valence-corrected chi connectivity index (χ1v) is 7.02. The zero-order chi connectivity index (χ0) is 13.9. The van der Waals surface area contributed by atoms with Crippen molar-refractivity contribution in [3.05, 3.63) is 17.6 Å². The molecule has 7 heteroatoms. The van der Waals surface area contributed by atoms with Crippen LogP contribution in [-0.4, -0.2) is 36.9 Å². The van der Waals surface area contributed by atoms with Gasteiger partial charge in [-0.05, 0) is 26.3 Å². The Kier molecular flexibility index (Phi) is 4.53. The van der Waals surface area contributed by atoms with E-state index in [2.05, 4.69) is 0 Å². The van der Waals surface area contributed by atoms with Crippen LogP contribution >= 0.6 is 0 Å². The van der Waals surface area contributed by atoms with Gasteiger partial charge in [0.1, 0.15) is 23.0 Å². The van der Waals surface area contributed by atoms with E-state index in [0.717, 1.165) is 4.31 Å². The fraction of sp³-hybridized carbons (Fsp3) is 0.545. The number of carbonyl (C=O) groups is 1. The van der Waals surface area contributed by atoms with Gasteiger partial charge in [0.05, 0.1) is 0 Å². The van der Waals surface area contributed by atoms with Crippen LogP contribution in [0.25, 0.3) is 0 Å². The third kappa shape index (κ3) is 3.11. The molecule has 0 saturated heterocycles. The Bertz CT molecular complexity index is 532. The molecule has 0 spiro atoms. The lowest BCUT2D eigenvalue weighted by atomic mass is 10.4. The lowest BCUT2D eigenvalue weighted by Gasteiger charge is -2.18. The van der Waals surface area contributed by atoms with Crippen LogP contribution < -0.4 is 0 Å². The van der Waals surface area contributed by atoms with Gasteiger partial charge in [0, 0.05) is 6.54 Å². The quantitative estimate of drug-likeness (QED) is 0.847. The van der Waals surface area contributed by atoms with Crippen LogP contribution in [-0.2, 0) is 14.8 Å². The molecular formula is C11H17NO5S. The van der Waals surface area contributed by atoms with Crippen molar-refractivity contribution in [3.8, 4) is 0 Å². The third-order valence-electron chi connectivity index (χ3n) is 2.40. The van der Waals surface area contributed by atoms with Crippen molar-refractivity contribution >= 4 is 16.0 Å². The maximum absolute atomic E-state index is 12.3. The van der Waals surface area contributed by atoms with E-state index in [4.69, 9.17) is 9.52 Å². The van der Waals surface area contributed by atoms with Crippen molar-refractivity contribution < 1.29 is 22.7 Å². The van der Waals surface area contributed by atoms with E-state index >= 15 is 0 Å². The lowest BCUT2D eigenvalue weighted by molar-refractivity contribution is -0.137. The Hall–Kier alpha value is -1.34. The Morgan fingerprint density at radius 2 is 2.06 bits per heavy atom. The maximum atomic E-state index is 12.3. The van der Waals surface area contributed by atoms with E-state index in [1.807, 2.05) is 0 Å². The predicted octanol–water partition coefficient (Wildman–Crippen LogP) is 1.38. The summed E-state index contributed by atoms with van der Waals surface area (Å²) in [6.07, 6.45) is 0.544. The van der Waals surface area contributed by atoms with E-state index < -0.39 is 22.5 Å². The standard InChI is InChI=1S/C11H17NO5S/c1-4-5-12(7-11(13)14)18(15,16)10-6-8(2)17-9(10)3/h6H,4-5,7H2,1-3H3,(H,13,14). The summed E-state index contributed by atoms with van der Waals surface area (Å²) in [7, 11) is -3.81. The minimum atomic E-state index is -3.81. The number of rotatable bonds is 6. The highest BCUT2D eigenvalue weighted by molar-refractivity contribution is 7.89. The van der Waals surface area contributed by atoms with Crippen LogP contribution in [0.15, 0.2) is 15.4 Å². The molecule has 0 atom stereocenters. The van der Waals surface area contributed by atoms with Crippen molar-refractivity contribution in [3.63, 3.8) is 0 Å². The molecule has 0 amide bonds. The summed E-state index contributed by atoms with van der Waals surface area (Å²) in [6.45, 7) is 4.61. The van der Waals surface area contributed by atoms with Gasteiger partial charge in [0.2, 0.25) is 10.0 Å². The minimum Gasteiger partial charge on any atom is -0.480 e. The SMILES string of the molecule is CCCN(CC(=O)O)S(=O)(=O)c1cc(C)oc1C. The molecule has 18 heavy (non-hydrogen) atoms. The zero-order valence-electron chi connectivity index (χ0n) is 10.6. The number of furan rings is 1. The topological polar surface area (TPSA) is 87.8 Å². The van der Waals surface area contributed by atoms with E-state index in [9.17, 15) is 13.2 Å². The summed E-state index contributed by atoms with van der Waals surface area (Å²) in [5.74, 6) is -0.415. The molecule has 0 unspecified atom stereocenters. The normalized spacial score (nSPS) is 12.0. The highest BCUT2D eigenvalue weighted by Gasteiger charge is 2.29. The van der Waals surface area contributed by atoms with Crippen molar-refractivity contribution in [2.45, 2.75) is 32.1 Å². The van der Waals surface area contributed by atoms with Crippen LogP contribution in [0.4, 0.5) is 0 Å². The van der Waals surface area contributed by atoms with E-state index in [-0.39, 0.29) is 17.2 Å². The number of hydrogen-bond acceptors (Lipinski definition) is 4. The van der Waals surface area contributed by atoms with Gasteiger partial charge in [-0.2, -0.15) is 4.31 Å². The number of aryl methyl sites for hydroxylation is 2. The number of carboxylic acids is 1. The molecule has 0 bridgehead atoms. The highest BCUT2D eigenvalue weighted by atomic mass is 32.2. The summed E-state index contributed by atoms with van der Waals surface area (Å²) in [6, 6.07) is 1.41. The first-order valence-electron chi connectivity index (χ1n) is 5.58.